The molecule has 1 fully saturated rings. The molecule has 0 aromatic heterocycles. The van der Waals surface area contributed by atoms with Crippen LogP contribution in [0.1, 0.15) is 20.8 Å². The van der Waals surface area contributed by atoms with Crippen LogP contribution >= 0.6 is 0 Å². The van der Waals surface area contributed by atoms with Crippen molar-refractivity contribution < 1.29 is 17.9 Å². The molecule has 1 saturated heterocycles. The molecule has 0 aromatic rings. The van der Waals surface area contributed by atoms with E-state index >= 15 is 0 Å². The summed E-state index contributed by atoms with van der Waals surface area (Å²) < 4.78 is 41.3. The van der Waals surface area contributed by atoms with Crippen molar-refractivity contribution in [1.29, 1.82) is 0 Å². The van der Waals surface area contributed by atoms with E-state index in [1.807, 2.05) is 0 Å². The Bertz CT molecular complexity index is 146. The van der Waals surface area contributed by atoms with Crippen molar-refractivity contribution in [2.75, 3.05) is 6.61 Å². The second kappa shape index (κ2) is 1.91. The van der Waals surface area contributed by atoms with Crippen LogP contribution in [-0.4, -0.2) is 18.4 Å². The van der Waals surface area contributed by atoms with Gasteiger partial charge in [0.1, 0.15) is 0 Å². The Labute approximate surface area is 63.5 Å². The maximum atomic E-state index is 12.3. The third-order valence-electron chi connectivity index (χ3n) is 2.10. The van der Waals surface area contributed by atoms with Crippen LogP contribution in [0.5, 0.6) is 0 Å². The number of epoxide rings is 1. The molecular weight excluding hydrogens is 157 g/mol. The molecule has 0 N–H and O–H groups in total. The highest BCUT2D eigenvalue weighted by Crippen LogP contribution is 2.54. The van der Waals surface area contributed by atoms with Crippen molar-refractivity contribution in [3.05, 3.63) is 0 Å². The molecule has 0 bridgehead atoms. The predicted octanol–water partition coefficient (Wildman–Crippen LogP) is 2.36. The van der Waals surface area contributed by atoms with Gasteiger partial charge < -0.3 is 4.74 Å². The maximum Gasteiger partial charge on any atom is 0.420 e. The number of hydrogen-bond donors (Lipinski definition) is 0. The zero-order chi connectivity index (χ0) is 8.91. The van der Waals surface area contributed by atoms with Crippen LogP contribution in [0.2, 0.25) is 0 Å². The van der Waals surface area contributed by atoms with E-state index in [0.29, 0.717) is 0 Å². The molecule has 1 unspecified atom stereocenters. The Balaban J connectivity index is 2.85. The van der Waals surface area contributed by atoms with Crippen LogP contribution in [-0.2, 0) is 4.74 Å². The zero-order valence-corrected chi connectivity index (χ0v) is 6.75. The minimum atomic E-state index is -4.23. The maximum absolute atomic E-state index is 12.3. The Morgan fingerprint density at radius 2 is 1.55 bits per heavy atom. The van der Waals surface area contributed by atoms with E-state index in [2.05, 4.69) is 4.74 Å². The van der Waals surface area contributed by atoms with Gasteiger partial charge in [-0.1, -0.05) is 20.8 Å². The molecule has 0 saturated carbocycles. The topological polar surface area (TPSA) is 12.5 Å². The lowest BCUT2D eigenvalue weighted by Gasteiger charge is -2.29. The Kier molecular flexibility index (Phi) is 1.54. The van der Waals surface area contributed by atoms with Crippen LogP contribution in [0.15, 0.2) is 0 Å². The van der Waals surface area contributed by atoms with Crippen molar-refractivity contribution >= 4 is 0 Å². The van der Waals surface area contributed by atoms with Gasteiger partial charge in [0.05, 0.1) is 6.61 Å². The Hall–Kier alpha value is -0.250. The summed E-state index contributed by atoms with van der Waals surface area (Å²) in [4.78, 5) is 0. The van der Waals surface area contributed by atoms with Crippen LogP contribution in [0.4, 0.5) is 13.2 Å². The number of rotatable bonds is 0. The van der Waals surface area contributed by atoms with Crippen molar-refractivity contribution in [3.8, 4) is 0 Å². The minimum absolute atomic E-state index is 0.194. The van der Waals surface area contributed by atoms with E-state index in [4.69, 9.17) is 0 Å². The van der Waals surface area contributed by atoms with Crippen molar-refractivity contribution in [3.63, 3.8) is 0 Å². The predicted molar refractivity (Wildman–Crippen MR) is 34.2 cm³/mol. The van der Waals surface area contributed by atoms with Gasteiger partial charge in [0.25, 0.3) is 0 Å². The van der Waals surface area contributed by atoms with Crippen LogP contribution in [0.25, 0.3) is 0 Å². The van der Waals surface area contributed by atoms with Gasteiger partial charge in [0, 0.05) is 5.41 Å². The third-order valence-corrected chi connectivity index (χ3v) is 2.10. The molecule has 1 aliphatic rings. The first kappa shape index (κ1) is 8.84. The van der Waals surface area contributed by atoms with E-state index in [1.54, 1.807) is 0 Å². The average Bonchev–Trinajstić information content (AvgIpc) is 2.31. The van der Waals surface area contributed by atoms with Gasteiger partial charge in [-0.3, -0.25) is 0 Å². The lowest BCUT2D eigenvalue weighted by molar-refractivity contribution is -0.210. The van der Waals surface area contributed by atoms with Gasteiger partial charge in [-0.15, -0.1) is 0 Å². The monoisotopic (exact) mass is 168 g/mol. The fourth-order valence-corrected chi connectivity index (χ4v) is 1.09. The molecule has 1 nitrogen and oxygen atoms in total. The molecule has 1 atom stereocenters. The number of alkyl halides is 3. The summed E-state index contributed by atoms with van der Waals surface area (Å²) in [6, 6.07) is 0. The summed E-state index contributed by atoms with van der Waals surface area (Å²) in [6.45, 7) is 4.41. The second-order valence-electron chi connectivity index (χ2n) is 3.86. The van der Waals surface area contributed by atoms with E-state index in [-0.39, 0.29) is 6.61 Å². The molecule has 11 heavy (non-hydrogen) atoms. The highest BCUT2D eigenvalue weighted by molar-refractivity contribution is 5.07. The number of halogens is 3. The molecule has 4 heteroatoms. The lowest BCUT2D eigenvalue weighted by atomic mass is 9.80. The van der Waals surface area contributed by atoms with Crippen molar-refractivity contribution in [2.45, 2.75) is 32.5 Å². The summed E-state index contributed by atoms with van der Waals surface area (Å²) in [7, 11) is 0. The van der Waals surface area contributed by atoms with Gasteiger partial charge in [0.2, 0.25) is 0 Å². The summed E-state index contributed by atoms with van der Waals surface area (Å²) >= 11 is 0. The molecule has 0 amide bonds. The second-order valence-corrected chi connectivity index (χ2v) is 3.86. The molecule has 1 aliphatic heterocycles. The molecule has 0 aromatic carbocycles. The van der Waals surface area contributed by atoms with Gasteiger partial charge in [0.15, 0.2) is 5.60 Å². The van der Waals surface area contributed by atoms with E-state index < -0.39 is 17.2 Å². The number of hydrogen-bond acceptors (Lipinski definition) is 1. The lowest BCUT2D eigenvalue weighted by Crippen LogP contribution is -2.44. The van der Waals surface area contributed by atoms with Gasteiger partial charge in [-0.05, 0) is 0 Å². The third kappa shape index (κ3) is 1.13. The van der Waals surface area contributed by atoms with E-state index in [0.717, 1.165) is 0 Å². The highest BCUT2D eigenvalue weighted by atomic mass is 19.4. The molecular formula is C7H11F3O. The first-order valence-corrected chi connectivity index (χ1v) is 3.41. The van der Waals surface area contributed by atoms with E-state index in [9.17, 15) is 13.2 Å². The SMILES string of the molecule is CC(C)(C)C1(C(F)(F)F)CO1. The van der Waals surface area contributed by atoms with Gasteiger partial charge in [-0.25, -0.2) is 0 Å². The summed E-state index contributed by atoms with van der Waals surface area (Å²) in [6.07, 6.45) is -4.23. The quantitative estimate of drug-likeness (QED) is 0.506. The largest absolute Gasteiger partial charge is 0.420 e. The smallest absolute Gasteiger partial charge is 0.359 e. The minimum Gasteiger partial charge on any atom is -0.359 e. The molecule has 66 valence electrons. The summed E-state index contributed by atoms with van der Waals surface area (Å²) in [5.41, 5.74) is -2.73. The van der Waals surface area contributed by atoms with Crippen LogP contribution in [0, 0.1) is 5.41 Å². The normalized spacial score (nSPS) is 32.2. The molecule has 1 rings (SSSR count). The zero-order valence-electron chi connectivity index (χ0n) is 6.75. The molecule has 0 spiro atoms. The van der Waals surface area contributed by atoms with E-state index in [1.165, 1.54) is 20.8 Å². The van der Waals surface area contributed by atoms with Crippen LogP contribution < -0.4 is 0 Å². The fraction of sp³-hybridized carbons (Fsp3) is 1.00. The Morgan fingerprint density at radius 3 is 1.55 bits per heavy atom. The summed E-state index contributed by atoms with van der Waals surface area (Å²) in [5.74, 6) is 0. The first-order valence-electron chi connectivity index (χ1n) is 3.41. The first-order chi connectivity index (χ1) is 4.71. The highest BCUT2D eigenvalue weighted by Gasteiger charge is 2.71. The molecule has 1 heterocycles. The van der Waals surface area contributed by atoms with Gasteiger partial charge in [-0.2, -0.15) is 13.2 Å². The van der Waals surface area contributed by atoms with Crippen molar-refractivity contribution in [2.24, 2.45) is 5.41 Å². The number of ether oxygens (including phenoxy) is 1. The molecule has 0 radical (unpaired) electrons. The summed E-state index contributed by atoms with van der Waals surface area (Å²) in [5, 5.41) is 0. The Morgan fingerprint density at radius 1 is 1.18 bits per heavy atom. The van der Waals surface area contributed by atoms with Crippen molar-refractivity contribution in [1.82, 2.24) is 0 Å². The average molecular weight is 168 g/mol. The fourth-order valence-electron chi connectivity index (χ4n) is 1.09. The van der Waals surface area contributed by atoms with Crippen LogP contribution in [0.3, 0.4) is 0 Å². The van der Waals surface area contributed by atoms with Gasteiger partial charge >= 0.3 is 6.18 Å². The molecule has 0 aliphatic carbocycles. The standard InChI is InChI=1S/C7H11F3O/c1-5(2,3)6(4-11-6)7(8,9)10/h4H2,1-3H3.